The summed E-state index contributed by atoms with van der Waals surface area (Å²) in [4.78, 5) is 25.8. The fourth-order valence-corrected chi connectivity index (χ4v) is 3.86. The van der Waals surface area contributed by atoms with Gasteiger partial charge in [-0.2, -0.15) is 0 Å². The SMILES string of the molecule is O=C(Nc1ccccn1)N1c2nc(-c3ccc(Cl)c(Cl)c3)ccc2N2CC[C@@H]21. The summed E-state index contributed by atoms with van der Waals surface area (Å²) in [7, 11) is 0. The number of nitrogens with zero attached hydrogens (tertiary/aromatic N) is 4. The van der Waals surface area contributed by atoms with Crippen LogP contribution < -0.4 is 15.1 Å². The zero-order valence-electron chi connectivity index (χ0n) is 14.6. The minimum Gasteiger partial charge on any atom is -0.347 e. The number of benzene rings is 1. The fourth-order valence-electron chi connectivity index (χ4n) is 3.56. The summed E-state index contributed by atoms with van der Waals surface area (Å²) < 4.78 is 0. The van der Waals surface area contributed by atoms with Gasteiger partial charge < -0.3 is 4.90 Å². The summed E-state index contributed by atoms with van der Waals surface area (Å²) in [6.45, 7) is 0.902. The van der Waals surface area contributed by atoms with Gasteiger partial charge in [0.25, 0.3) is 0 Å². The lowest BCUT2D eigenvalue weighted by Gasteiger charge is -2.39. The first kappa shape index (κ1) is 17.3. The second-order valence-corrected chi connectivity index (χ2v) is 7.46. The van der Waals surface area contributed by atoms with Crippen LogP contribution in [-0.4, -0.2) is 28.7 Å². The van der Waals surface area contributed by atoms with Crippen molar-refractivity contribution in [1.29, 1.82) is 0 Å². The first-order chi connectivity index (χ1) is 13.6. The van der Waals surface area contributed by atoms with Gasteiger partial charge in [0.05, 0.1) is 21.4 Å². The highest BCUT2D eigenvalue weighted by atomic mass is 35.5. The maximum atomic E-state index is 13.0. The maximum absolute atomic E-state index is 13.0. The minimum atomic E-state index is -0.245. The van der Waals surface area contributed by atoms with Crippen LogP contribution in [-0.2, 0) is 0 Å². The standard InChI is InChI=1S/C20H15Cl2N5O/c21-13-5-4-12(11-14(13)22)15-6-7-16-19(24-15)27(18-8-10-26(16)18)20(28)25-17-3-1-2-9-23-17/h1-7,9,11,18H,8,10H2,(H,23,25,28)/t18-/m0/s1. The molecule has 4 heterocycles. The zero-order valence-corrected chi connectivity index (χ0v) is 16.2. The Balaban J connectivity index is 1.51. The van der Waals surface area contributed by atoms with E-state index in [0.29, 0.717) is 21.7 Å². The van der Waals surface area contributed by atoms with Crippen LogP contribution in [0.2, 0.25) is 10.0 Å². The smallest absolute Gasteiger partial charge is 0.330 e. The van der Waals surface area contributed by atoms with E-state index in [1.165, 1.54) is 0 Å². The summed E-state index contributed by atoms with van der Waals surface area (Å²) in [5.74, 6) is 1.15. The monoisotopic (exact) mass is 411 g/mol. The number of carbonyl (C=O) groups excluding carboxylic acids is 1. The van der Waals surface area contributed by atoms with Crippen molar-refractivity contribution in [1.82, 2.24) is 9.97 Å². The third-order valence-electron chi connectivity index (χ3n) is 5.01. The molecule has 140 valence electrons. The molecule has 1 N–H and O–H groups in total. The first-order valence-corrected chi connectivity index (χ1v) is 9.62. The van der Waals surface area contributed by atoms with E-state index in [0.717, 1.165) is 29.9 Å². The number of urea groups is 1. The largest absolute Gasteiger partial charge is 0.347 e. The molecule has 28 heavy (non-hydrogen) atoms. The summed E-state index contributed by atoms with van der Waals surface area (Å²) in [5.41, 5.74) is 2.53. The van der Waals surface area contributed by atoms with Crippen molar-refractivity contribution < 1.29 is 4.79 Å². The molecule has 2 aliphatic rings. The number of pyridine rings is 2. The lowest BCUT2D eigenvalue weighted by Crippen LogP contribution is -2.56. The van der Waals surface area contributed by atoms with Crippen LogP contribution in [0.1, 0.15) is 6.42 Å². The van der Waals surface area contributed by atoms with Crippen molar-refractivity contribution >= 4 is 46.6 Å². The van der Waals surface area contributed by atoms with E-state index in [1.54, 1.807) is 35.4 Å². The van der Waals surface area contributed by atoms with Gasteiger partial charge in [0.2, 0.25) is 0 Å². The molecule has 0 aliphatic carbocycles. The number of fused-ring (bicyclic) bond motifs is 3. The number of carbonyl (C=O) groups is 1. The predicted octanol–water partition coefficient (Wildman–Crippen LogP) is 5.04. The van der Waals surface area contributed by atoms with Crippen LogP contribution in [0.15, 0.2) is 54.7 Å². The van der Waals surface area contributed by atoms with Crippen LogP contribution in [0.3, 0.4) is 0 Å². The van der Waals surface area contributed by atoms with Gasteiger partial charge in [-0.3, -0.25) is 10.2 Å². The van der Waals surface area contributed by atoms with Crippen molar-refractivity contribution in [3.63, 3.8) is 0 Å². The molecule has 5 rings (SSSR count). The summed E-state index contributed by atoms with van der Waals surface area (Å²) in [6, 6.07) is 14.5. The number of anilines is 3. The van der Waals surface area contributed by atoms with E-state index in [4.69, 9.17) is 28.2 Å². The third-order valence-corrected chi connectivity index (χ3v) is 5.75. The van der Waals surface area contributed by atoms with Crippen molar-refractivity contribution in [2.45, 2.75) is 12.6 Å². The van der Waals surface area contributed by atoms with Crippen LogP contribution in [0.5, 0.6) is 0 Å². The Kier molecular flexibility index (Phi) is 4.10. The molecule has 0 unspecified atom stereocenters. The van der Waals surface area contributed by atoms with E-state index < -0.39 is 0 Å². The number of hydrogen-bond donors (Lipinski definition) is 1. The van der Waals surface area contributed by atoms with Crippen LogP contribution >= 0.6 is 23.2 Å². The Bertz CT molecular complexity index is 1080. The zero-order chi connectivity index (χ0) is 19.3. The number of hydrogen-bond acceptors (Lipinski definition) is 4. The lowest BCUT2D eigenvalue weighted by molar-refractivity contribution is 0.252. The van der Waals surface area contributed by atoms with Gasteiger partial charge in [0, 0.05) is 24.7 Å². The first-order valence-electron chi connectivity index (χ1n) is 8.86. The highest BCUT2D eigenvalue weighted by Gasteiger charge is 2.46. The second-order valence-electron chi connectivity index (χ2n) is 6.65. The van der Waals surface area contributed by atoms with E-state index in [1.807, 2.05) is 24.3 Å². The molecule has 2 amide bonds. The van der Waals surface area contributed by atoms with Gasteiger partial charge in [0.1, 0.15) is 12.0 Å². The minimum absolute atomic E-state index is 0.0183. The summed E-state index contributed by atoms with van der Waals surface area (Å²) >= 11 is 12.2. The number of nitrogens with one attached hydrogen (secondary N) is 1. The normalized spacial score (nSPS) is 17.0. The molecule has 2 aliphatic heterocycles. The highest BCUT2D eigenvalue weighted by Crippen LogP contribution is 2.45. The van der Waals surface area contributed by atoms with E-state index in [9.17, 15) is 4.79 Å². The van der Waals surface area contributed by atoms with Crippen LogP contribution in [0.25, 0.3) is 11.3 Å². The molecule has 2 aromatic heterocycles. The second kappa shape index (κ2) is 6.65. The molecule has 1 fully saturated rings. The Hall–Kier alpha value is -2.83. The Morgan fingerprint density at radius 2 is 2.00 bits per heavy atom. The average molecular weight is 412 g/mol. The fraction of sp³-hybridized carbons (Fsp3) is 0.150. The van der Waals surface area contributed by atoms with Crippen molar-refractivity contribution in [3.05, 3.63) is 64.8 Å². The highest BCUT2D eigenvalue weighted by molar-refractivity contribution is 6.42. The summed E-state index contributed by atoms with van der Waals surface area (Å²) in [6.07, 6.45) is 2.52. The van der Waals surface area contributed by atoms with E-state index in [-0.39, 0.29) is 12.2 Å². The molecular weight excluding hydrogens is 397 g/mol. The van der Waals surface area contributed by atoms with Gasteiger partial charge >= 0.3 is 6.03 Å². The van der Waals surface area contributed by atoms with Gasteiger partial charge in [-0.15, -0.1) is 0 Å². The van der Waals surface area contributed by atoms with Gasteiger partial charge in [-0.1, -0.05) is 35.3 Å². The summed E-state index contributed by atoms with van der Waals surface area (Å²) in [5, 5.41) is 3.82. The average Bonchev–Trinajstić information content (AvgIpc) is 2.90. The molecule has 0 radical (unpaired) electrons. The van der Waals surface area contributed by atoms with E-state index >= 15 is 0 Å². The van der Waals surface area contributed by atoms with Crippen LogP contribution in [0.4, 0.5) is 22.1 Å². The maximum Gasteiger partial charge on any atom is 0.330 e. The molecule has 8 heteroatoms. The molecule has 0 saturated carbocycles. The Morgan fingerprint density at radius 1 is 1.11 bits per heavy atom. The van der Waals surface area contributed by atoms with Crippen molar-refractivity contribution in [2.75, 3.05) is 21.7 Å². The number of aromatic nitrogens is 2. The molecule has 3 aromatic rings. The van der Waals surface area contributed by atoms with E-state index in [2.05, 4.69) is 15.2 Å². The van der Waals surface area contributed by atoms with Crippen molar-refractivity contribution in [2.24, 2.45) is 0 Å². The molecule has 6 nitrogen and oxygen atoms in total. The third kappa shape index (κ3) is 2.77. The Morgan fingerprint density at radius 3 is 2.71 bits per heavy atom. The number of rotatable bonds is 2. The van der Waals surface area contributed by atoms with Gasteiger partial charge in [0.15, 0.2) is 5.82 Å². The molecule has 1 aromatic carbocycles. The van der Waals surface area contributed by atoms with Crippen LogP contribution in [0, 0.1) is 0 Å². The van der Waals surface area contributed by atoms with Gasteiger partial charge in [-0.05, 0) is 36.4 Å². The molecular formula is C20H15Cl2N5O. The van der Waals surface area contributed by atoms with Gasteiger partial charge in [-0.25, -0.2) is 14.8 Å². The molecule has 0 bridgehead atoms. The topological polar surface area (TPSA) is 61.4 Å². The number of amides is 2. The molecule has 1 atom stereocenters. The quantitative estimate of drug-likeness (QED) is 0.641. The predicted molar refractivity (Wildman–Crippen MR) is 111 cm³/mol. The Labute approximate surface area is 171 Å². The molecule has 0 spiro atoms. The molecule has 1 saturated heterocycles. The number of halogens is 2. The lowest BCUT2D eigenvalue weighted by atomic mass is 10.1. The van der Waals surface area contributed by atoms with Crippen molar-refractivity contribution in [3.8, 4) is 11.3 Å².